The van der Waals surface area contributed by atoms with Gasteiger partial charge in [0.05, 0.1) is 31.2 Å². The van der Waals surface area contributed by atoms with Crippen molar-refractivity contribution >= 4 is 5.97 Å². The molecule has 0 fully saturated rings. The average Bonchev–Trinajstić information content (AvgIpc) is 2.85. The molecule has 0 aliphatic rings. The molecule has 0 radical (unpaired) electrons. The van der Waals surface area contributed by atoms with Gasteiger partial charge in [-0.05, 0) is 12.1 Å². The van der Waals surface area contributed by atoms with E-state index in [2.05, 4.69) is 4.98 Å². The van der Waals surface area contributed by atoms with Crippen LogP contribution in [-0.2, 0) is 11.2 Å². The van der Waals surface area contributed by atoms with Crippen LogP contribution in [0.25, 0.3) is 5.69 Å². The third-order valence-electron chi connectivity index (χ3n) is 2.58. The summed E-state index contributed by atoms with van der Waals surface area (Å²) >= 11 is 0. The van der Waals surface area contributed by atoms with Gasteiger partial charge in [-0.25, -0.2) is 4.98 Å². The molecule has 0 bridgehead atoms. The first-order valence-electron chi connectivity index (χ1n) is 5.58. The average molecular weight is 246 g/mol. The standard InChI is InChI=1S/C13H14N2O3/c1-18-12-4-2-3-11(7-12)15-8-10(14-9-15)5-6-13(16)17/h2-4,7-9H,5-6H2,1H3,(H,16,17). The maximum absolute atomic E-state index is 10.5. The Hall–Kier alpha value is -2.30. The topological polar surface area (TPSA) is 64.4 Å². The zero-order valence-electron chi connectivity index (χ0n) is 10.0. The van der Waals surface area contributed by atoms with Crippen LogP contribution in [-0.4, -0.2) is 27.7 Å². The molecule has 1 heterocycles. The van der Waals surface area contributed by atoms with Crippen molar-refractivity contribution in [3.8, 4) is 11.4 Å². The summed E-state index contributed by atoms with van der Waals surface area (Å²) in [6.07, 6.45) is 4.03. The molecule has 2 rings (SSSR count). The van der Waals surface area contributed by atoms with Gasteiger partial charge in [0.2, 0.25) is 0 Å². The summed E-state index contributed by atoms with van der Waals surface area (Å²) in [5.74, 6) is -0.0424. The minimum Gasteiger partial charge on any atom is -0.497 e. The third kappa shape index (κ3) is 2.88. The van der Waals surface area contributed by atoms with Gasteiger partial charge >= 0.3 is 5.97 Å². The molecule has 1 N–H and O–H groups in total. The number of carboxylic acid groups (broad SMARTS) is 1. The Balaban J connectivity index is 2.15. The maximum atomic E-state index is 10.5. The van der Waals surface area contributed by atoms with E-state index in [1.165, 1.54) is 0 Å². The van der Waals surface area contributed by atoms with Crippen molar-refractivity contribution in [2.24, 2.45) is 0 Å². The molecule has 1 aromatic heterocycles. The lowest BCUT2D eigenvalue weighted by Gasteiger charge is -2.04. The number of imidazole rings is 1. The first-order valence-corrected chi connectivity index (χ1v) is 5.58. The lowest BCUT2D eigenvalue weighted by Crippen LogP contribution is -1.97. The van der Waals surface area contributed by atoms with Crippen molar-refractivity contribution in [1.82, 2.24) is 9.55 Å². The summed E-state index contributed by atoms with van der Waals surface area (Å²) in [6, 6.07) is 7.59. The quantitative estimate of drug-likeness (QED) is 0.875. The molecule has 5 nitrogen and oxygen atoms in total. The number of methoxy groups -OCH3 is 1. The van der Waals surface area contributed by atoms with Crippen molar-refractivity contribution in [3.05, 3.63) is 42.5 Å². The second-order valence-corrected chi connectivity index (χ2v) is 3.87. The molecule has 0 atom stereocenters. The zero-order chi connectivity index (χ0) is 13.0. The number of carboxylic acids is 1. The molecule has 0 saturated heterocycles. The number of nitrogens with zero attached hydrogens (tertiary/aromatic N) is 2. The van der Waals surface area contributed by atoms with Gasteiger partial charge in [0.25, 0.3) is 0 Å². The Morgan fingerprint density at radius 2 is 2.33 bits per heavy atom. The summed E-state index contributed by atoms with van der Waals surface area (Å²) in [4.78, 5) is 14.7. The predicted molar refractivity (Wildman–Crippen MR) is 66.1 cm³/mol. The summed E-state index contributed by atoms with van der Waals surface area (Å²) in [5.41, 5.74) is 1.70. The largest absolute Gasteiger partial charge is 0.497 e. The number of aryl methyl sites for hydroxylation is 1. The number of aromatic nitrogens is 2. The van der Waals surface area contributed by atoms with Gasteiger partial charge in [0, 0.05) is 18.7 Å². The van der Waals surface area contributed by atoms with Gasteiger partial charge < -0.3 is 14.4 Å². The van der Waals surface area contributed by atoms with Crippen LogP contribution in [0.15, 0.2) is 36.8 Å². The van der Waals surface area contributed by atoms with Crippen molar-refractivity contribution in [2.75, 3.05) is 7.11 Å². The van der Waals surface area contributed by atoms with Crippen LogP contribution in [0.3, 0.4) is 0 Å². The van der Waals surface area contributed by atoms with Crippen LogP contribution in [0.1, 0.15) is 12.1 Å². The fourth-order valence-electron chi connectivity index (χ4n) is 1.64. The second-order valence-electron chi connectivity index (χ2n) is 3.87. The van der Waals surface area contributed by atoms with Crippen LogP contribution >= 0.6 is 0 Å². The molecule has 1 aromatic carbocycles. The molecule has 0 amide bonds. The lowest BCUT2D eigenvalue weighted by molar-refractivity contribution is -0.136. The van der Waals surface area contributed by atoms with E-state index in [-0.39, 0.29) is 6.42 Å². The molecule has 0 spiro atoms. The Labute approximate surface area is 105 Å². The van der Waals surface area contributed by atoms with Gasteiger partial charge in [-0.2, -0.15) is 0 Å². The second kappa shape index (κ2) is 5.35. The minimum absolute atomic E-state index is 0.0924. The van der Waals surface area contributed by atoms with E-state index in [1.54, 1.807) is 13.4 Å². The summed E-state index contributed by atoms with van der Waals surface area (Å²) in [7, 11) is 1.62. The zero-order valence-corrected chi connectivity index (χ0v) is 10.0. The number of aliphatic carboxylic acids is 1. The smallest absolute Gasteiger partial charge is 0.303 e. The van der Waals surface area contributed by atoms with Crippen LogP contribution in [0.4, 0.5) is 0 Å². The molecule has 0 aliphatic heterocycles. The highest BCUT2D eigenvalue weighted by molar-refractivity contribution is 5.66. The van der Waals surface area contributed by atoms with Crippen molar-refractivity contribution in [1.29, 1.82) is 0 Å². The first-order chi connectivity index (χ1) is 8.69. The molecule has 2 aromatic rings. The van der Waals surface area contributed by atoms with Crippen molar-refractivity contribution < 1.29 is 14.6 Å². The van der Waals surface area contributed by atoms with Crippen molar-refractivity contribution in [2.45, 2.75) is 12.8 Å². The Morgan fingerprint density at radius 1 is 1.50 bits per heavy atom. The Morgan fingerprint density at radius 3 is 3.06 bits per heavy atom. The number of carbonyl (C=O) groups is 1. The van der Waals surface area contributed by atoms with Gasteiger partial charge in [0.1, 0.15) is 5.75 Å². The van der Waals surface area contributed by atoms with Crippen LogP contribution in [0.5, 0.6) is 5.75 Å². The maximum Gasteiger partial charge on any atom is 0.303 e. The highest BCUT2D eigenvalue weighted by Crippen LogP contribution is 2.16. The van der Waals surface area contributed by atoms with Gasteiger partial charge in [-0.1, -0.05) is 6.07 Å². The van der Waals surface area contributed by atoms with Crippen LogP contribution in [0.2, 0.25) is 0 Å². The highest BCUT2D eigenvalue weighted by Gasteiger charge is 2.04. The molecule has 0 saturated carbocycles. The minimum atomic E-state index is -0.814. The summed E-state index contributed by atoms with van der Waals surface area (Å²) in [6.45, 7) is 0. The SMILES string of the molecule is COc1cccc(-n2cnc(CCC(=O)O)c2)c1. The normalized spacial score (nSPS) is 10.3. The predicted octanol–water partition coefficient (Wildman–Crippen LogP) is 1.90. The number of ether oxygens (including phenoxy) is 1. The summed E-state index contributed by atoms with van der Waals surface area (Å²) < 4.78 is 7.00. The van der Waals surface area contributed by atoms with E-state index >= 15 is 0 Å². The molecular weight excluding hydrogens is 232 g/mol. The fraction of sp³-hybridized carbons (Fsp3) is 0.231. The summed E-state index contributed by atoms with van der Waals surface area (Å²) in [5, 5.41) is 8.62. The molecular formula is C13H14N2O3. The Bertz CT molecular complexity index is 549. The molecule has 0 unspecified atom stereocenters. The monoisotopic (exact) mass is 246 g/mol. The van der Waals surface area contributed by atoms with Crippen LogP contribution < -0.4 is 4.74 Å². The number of hydrogen-bond donors (Lipinski definition) is 1. The van der Waals surface area contributed by atoms with Crippen LogP contribution in [0, 0.1) is 0 Å². The Kier molecular flexibility index (Phi) is 3.62. The van der Waals surface area contributed by atoms with E-state index in [9.17, 15) is 4.79 Å². The number of rotatable bonds is 5. The van der Waals surface area contributed by atoms with Gasteiger partial charge in [-0.3, -0.25) is 4.79 Å². The molecule has 94 valence electrons. The highest BCUT2D eigenvalue weighted by atomic mass is 16.5. The van der Waals surface area contributed by atoms with Crippen molar-refractivity contribution in [3.63, 3.8) is 0 Å². The third-order valence-corrected chi connectivity index (χ3v) is 2.58. The van der Waals surface area contributed by atoms with Gasteiger partial charge in [0.15, 0.2) is 0 Å². The van der Waals surface area contributed by atoms with E-state index in [0.717, 1.165) is 17.1 Å². The van der Waals surface area contributed by atoms with E-state index < -0.39 is 5.97 Å². The van der Waals surface area contributed by atoms with E-state index in [1.807, 2.05) is 35.0 Å². The lowest BCUT2D eigenvalue weighted by atomic mass is 10.2. The number of hydrogen-bond acceptors (Lipinski definition) is 3. The van der Waals surface area contributed by atoms with E-state index in [0.29, 0.717) is 6.42 Å². The molecule has 5 heteroatoms. The fourth-order valence-corrected chi connectivity index (χ4v) is 1.64. The molecule has 0 aliphatic carbocycles. The first kappa shape index (κ1) is 12.2. The number of benzene rings is 1. The molecule has 18 heavy (non-hydrogen) atoms. The van der Waals surface area contributed by atoms with E-state index in [4.69, 9.17) is 9.84 Å². The van der Waals surface area contributed by atoms with Gasteiger partial charge in [-0.15, -0.1) is 0 Å².